The minimum atomic E-state index is -3.38. The van der Waals surface area contributed by atoms with Gasteiger partial charge in [-0.15, -0.1) is 0 Å². The summed E-state index contributed by atoms with van der Waals surface area (Å²) in [5.74, 6) is -4.40. The highest BCUT2D eigenvalue weighted by Gasteiger charge is 2.29. The van der Waals surface area contributed by atoms with E-state index in [0.29, 0.717) is 11.1 Å². The van der Waals surface area contributed by atoms with Gasteiger partial charge in [-0.25, -0.2) is 8.78 Å². The lowest BCUT2D eigenvalue weighted by molar-refractivity contribution is -0.124. The van der Waals surface area contributed by atoms with Crippen molar-refractivity contribution in [3.05, 3.63) is 71.8 Å². The minimum absolute atomic E-state index is 0.204. The van der Waals surface area contributed by atoms with Crippen LogP contribution in [-0.2, 0) is 4.79 Å². The maximum Gasteiger partial charge on any atom is 0.287 e. The van der Waals surface area contributed by atoms with Crippen molar-refractivity contribution in [3.8, 4) is 0 Å². The zero-order valence-electron chi connectivity index (χ0n) is 14.0. The molecular formula is C19H20F2N2O3. The molecule has 138 valence electrons. The molecule has 3 N–H and O–H groups in total. The smallest absolute Gasteiger partial charge is 0.287 e. The predicted octanol–water partition coefficient (Wildman–Crippen LogP) is 2.29. The maximum atomic E-state index is 13.1. The number of carbonyl (C=O) groups excluding carboxylic acids is 2. The van der Waals surface area contributed by atoms with Crippen LogP contribution in [0.3, 0.4) is 0 Å². The van der Waals surface area contributed by atoms with Gasteiger partial charge >= 0.3 is 0 Å². The standard InChI is InChI=1S/C19H20F2N2O3/c20-19(21,13-24)12-22-17(25)11-16(14-7-3-1-4-8-14)23-18(26)15-9-5-2-6-10-15/h1-10,16,24H,11-13H2,(H,22,25)(H,23,26)/t16-/m1/s1. The number of hydrogen-bond acceptors (Lipinski definition) is 3. The highest BCUT2D eigenvalue weighted by molar-refractivity contribution is 5.94. The van der Waals surface area contributed by atoms with Gasteiger partial charge in [0.15, 0.2) is 0 Å². The fourth-order valence-electron chi connectivity index (χ4n) is 2.31. The Morgan fingerprint density at radius 3 is 2.15 bits per heavy atom. The Kier molecular flexibility index (Phi) is 6.80. The lowest BCUT2D eigenvalue weighted by atomic mass is 10.0. The Morgan fingerprint density at radius 2 is 1.58 bits per heavy atom. The Hall–Kier alpha value is -2.80. The van der Waals surface area contributed by atoms with E-state index in [4.69, 9.17) is 5.11 Å². The summed E-state index contributed by atoms with van der Waals surface area (Å²) in [4.78, 5) is 24.4. The van der Waals surface area contributed by atoms with Crippen molar-refractivity contribution in [1.82, 2.24) is 10.6 Å². The quantitative estimate of drug-likeness (QED) is 0.674. The monoisotopic (exact) mass is 362 g/mol. The van der Waals surface area contributed by atoms with E-state index >= 15 is 0 Å². The Bertz CT molecular complexity index is 724. The second-order valence-corrected chi connectivity index (χ2v) is 5.80. The van der Waals surface area contributed by atoms with E-state index in [0.717, 1.165) is 0 Å². The first-order valence-electron chi connectivity index (χ1n) is 8.07. The van der Waals surface area contributed by atoms with Crippen molar-refractivity contribution in [2.75, 3.05) is 13.2 Å². The van der Waals surface area contributed by atoms with Gasteiger partial charge in [0, 0.05) is 5.56 Å². The largest absolute Gasteiger partial charge is 0.390 e. The number of amides is 2. The molecule has 0 aliphatic carbocycles. The highest BCUT2D eigenvalue weighted by Crippen LogP contribution is 2.18. The van der Waals surface area contributed by atoms with Crippen LogP contribution in [0.15, 0.2) is 60.7 Å². The van der Waals surface area contributed by atoms with Crippen molar-refractivity contribution in [1.29, 1.82) is 0 Å². The van der Waals surface area contributed by atoms with Crippen LogP contribution in [0.1, 0.15) is 28.4 Å². The first kappa shape index (κ1) is 19.5. The van der Waals surface area contributed by atoms with Gasteiger partial charge in [0.2, 0.25) is 5.91 Å². The van der Waals surface area contributed by atoms with Crippen LogP contribution < -0.4 is 10.6 Å². The number of alkyl halides is 2. The van der Waals surface area contributed by atoms with Crippen LogP contribution in [-0.4, -0.2) is 36.0 Å². The predicted molar refractivity (Wildman–Crippen MR) is 92.8 cm³/mol. The normalized spacial score (nSPS) is 12.3. The third-order valence-corrected chi connectivity index (χ3v) is 3.71. The van der Waals surface area contributed by atoms with Gasteiger partial charge in [0.05, 0.1) is 19.0 Å². The van der Waals surface area contributed by atoms with E-state index in [1.165, 1.54) is 0 Å². The first-order valence-corrected chi connectivity index (χ1v) is 8.07. The van der Waals surface area contributed by atoms with Gasteiger partial charge in [-0.1, -0.05) is 48.5 Å². The molecule has 2 aromatic rings. The molecule has 0 aliphatic heterocycles. The molecule has 2 rings (SSSR count). The highest BCUT2D eigenvalue weighted by atomic mass is 19.3. The summed E-state index contributed by atoms with van der Waals surface area (Å²) < 4.78 is 26.1. The zero-order valence-corrected chi connectivity index (χ0v) is 14.0. The van der Waals surface area contributed by atoms with Gasteiger partial charge in [-0.3, -0.25) is 9.59 Å². The minimum Gasteiger partial charge on any atom is -0.390 e. The second kappa shape index (κ2) is 9.05. The number of hydrogen-bond donors (Lipinski definition) is 3. The summed E-state index contributed by atoms with van der Waals surface area (Å²) in [7, 11) is 0. The molecule has 2 aromatic carbocycles. The maximum absolute atomic E-state index is 13.1. The third-order valence-electron chi connectivity index (χ3n) is 3.71. The zero-order chi connectivity index (χ0) is 19.0. The lowest BCUT2D eigenvalue weighted by Crippen LogP contribution is -2.40. The topological polar surface area (TPSA) is 78.4 Å². The Balaban J connectivity index is 2.07. The average Bonchev–Trinajstić information content (AvgIpc) is 2.67. The molecule has 0 saturated carbocycles. The van der Waals surface area contributed by atoms with E-state index in [-0.39, 0.29) is 12.3 Å². The summed E-state index contributed by atoms with van der Waals surface area (Å²) in [5.41, 5.74) is 1.11. The number of carbonyl (C=O) groups is 2. The summed E-state index contributed by atoms with van der Waals surface area (Å²) in [6, 6.07) is 16.6. The van der Waals surface area contributed by atoms with Crippen LogP contribution in [0.5, 0.6) is 0 Å². The summed E-state index contributed by atoms with van der Waals surface area (Å²) in [6.07, 6.45) is -0.204. The fourth-order valence-corrected chi connectivity index (χ4v) is 2.31. The number of aliphatic hydroxyl groups is 1. The van der Waals surface area contributed by atoms with Crippen molar-refractivity contribution >= 4 is 11.8 Å². The average molecular weight is 362 g/mol. The molecule has 7 heteroatoms. The molecular weight excluding hydrogens is 342 g/mol. The summed E-state index contributed by atoms with van der Waals surface area (Å²) in [5, 5.41) is 13.4. The number of rotatable bonds is 8. The molecule has 0 aliphatic rings. The lowest BCUT2D eigenvalue weighted by Gasteiger charge is -2.20. The summed E-state index contributed by atoms with van der Waals surface area (Å²) >= 11 is 0. The number of nitrogens with one attached hydrogen (secondary N) is 2. The van der Waals surface area contributed by atoms with Gasteiger partial charge in [0.1, 0.15) is 6.61 Å². The number of aliphatic hydroxyl groups excluding tert-OH is 1. The third kappa shape index (κ3) is 5.93. The molecule has 5 nitrogen and oxygen atoms in total. The van der Waals surface area contributed by atoms with Crippen LogP contribution in [0, 0.1) is 0 Å². The van der Waals surface area contributed by atoms with Crippen molar-refractivity contribution in [3.63, 3.8) is 0 Å². The molecule has 1 atom stereocenters. The van der Waals surface area contributed by atoms with Crippen LogP contribution >= 0.6 is 0 Å². The van der Waals surface area contributed by atoms with E-state index in [1.54, 1.807) is 60.7 Å². The molecule has 2 amide bonds. The molecule has 0 saturated heterocycles. The van der Waals surface area contributed by atoms with Crippen molar-refractivity contribution < 1.29 is 23.5 Å². The van der Waals surface area contributed by atoms with Crippen molar-refractivity contribution in [2.24, 2.45) is 0 Å². The number of benzene rings is 2. The number of halogens is 2. The fraction of sp³-hybridized carbons (Fsp3) is 0.263. The van der Waals surface area contributed by atoms with E-state index in [2.05, 4.69) is 10.6 Å². The Morgan fingerprint density at radius 1 is 1.00 bits per heavy atom. The van der Waals surface area contributed by atoms with Gasteiger partial charge < -0.3 is 15.7 Å². The SMILES string of the molecule is O=C(C[C@@H](NC(=O)c1ccccc1)c1ccccc1)NCC(F)(F)CO. The second-order valence-electron chi connectivity index (χ2n) is 5.80. The first-order chi connectivity index (χ1) is 12.4. The Labute approximate surface area is 150 Å². The molecule has 0 radical (unpaired) electrons. The van der Waals surface area contributed by atoms with Crippen molar-refractivity contribution in [2.45, 2.75) is 18.4 Å². The van der Waals surface area contributed by atoms with E-state index in [1.807, 2.05) is 0 Å². The molecule has 0 spiro atoms. The molecule has 26 heavy (non-hydrogen) atoms. The van der Waals surface area contributed by atoms with Gasteiger partial charge in [-0.2, -0.15) is 0 Å². The molecule has 0 aromatic heterocycles. The van der Waals surface area contributed by atoms with Gasteiger partial charge in [-0.05, 0) is 17.7 Å². The molecule has 0 heterocycles. The molecule has 0 bridgehead atoms. The molecule has 0 fully saturated rings. The van der Waals surface area contributed by atoms with Crippen LogP contribution in [0.25, 0.3) is 0 Å². The van der Waals surface area contributed by atoms with E-state index < -0.39 is 31.0 Å². The molecule has 0 unspecified atom stereocenters. The van der Waals surface area contributed by atoms with Gasteiger partial charge in [0.25, 0.3) is 11.8 Å². The van der Waals surface area contributed by atoms with Crippen LogP contribution in [0.4, 0.5) is 8.78 Å². The van der Waals surface area contributed by atoms with Crippen LogP contribution in [0.2, 0.25) is 0 Å². The van der Waals surface area contributed by atoms with E-state index in [9.17, 15) is 18.4 Å². The summed E-state index contributed by atoms with van der Waals surface area (Å²) in [6.45, 7) is -2.31.